The van der Waals surface area contributed by atoms with Gasteiger partial charge in [0.1, 0.15) is 5.82 Å². The van der Waals surface area contributed by atoms with Crippen molar-refractivity contribution in [1.82, 2.24) is 30.1 Å². The zero-order valence-electron chi connectivity index (χ0n) is 18.6. The smallest absolute Gasteiger partial charge is 0.335 e. The van der Waals surface area contributed by atoms with Crippen LogP contribution < -0.4 is 10.6 Å². The highest BCUT2D eigenvalue weighted by Crippen LogP contribution is 2.31. The number of amides is 3. The molecule has 0 bridgehead atoms. The van der Waals surface area contributed by atoms with Crippen LogP contribution in [0.25, 0.3) is 5.65 Å². The van der Waals surface area contributed by atoms with E-state index in [4.69, 9.17) is 0 Å². The second-order valence-corrected chi connectivity index (χ2v) is 9.01. The van der Waals surface area contributed by atoms with Gasteiger partial charge < -0.3 is 5.32 Å². The van der Waals surface area contributed by atoms with E-state index in [1.165, 1.54) is 16.9 Å². The third-order valence-electron chi connectivity index (χ3n) is 6.68. The lowest BCUT2D eigenvalue weighted by atomic mass is 9.95. The van der Waals surface area contributed by atoms with Gasteiger partial charge in [-0.1, -0.05) is 19.3 Å². The van der Waals surface area contributed by atoms with Crippen LogP contribution in [0.15, 0.2) is 18.3 Å². The summed E-state index contributed by atoms with van der Waals surface area (Å²) in [4.78, 5) is 26.9. The Kier molecular flexibility index (Phi) is 6.87. The van der Waals surface area contributed by atoms with Crippen LogP contribution in [-0.4, -0.2) is 56.6 Å². The van der Waals surface area contributed by atoms with Gasteiger partial charge in [0.2, 0.25) is 5.91 Å². The number of hydrogen-bond acceptors (Lipinski definition) is 5. The maximum atomic E-state index is 13.2. The van der Waals surface area contributed by atoms with Crippen LogP contribution in [0.4, 0.5) is 18.0 Å². The molecule has 3 amide bonds. The van der Waals surface area contributed by atoms with Gasteiger partial charge in [-0.25, -0.2) is 4.79 Å². The normalized spacial score (nSPS) is 21.6. The fourth-order valence-corrected chi connectivity index (χ4v) is 4.77. The molecule has 2 atom stereocenters. The number of likely N-dealkylation sites (tertiary alicyclic amines) is 1. The molecule has 33 heavy (non-hydrogen) atoms. The van der Waals surface area contributed by atoms with Crippen LogP contribution in [0.1, 0.15) is 69.2 Å². The molecule has 2 N–H and O–H groups in total. The summed E-state index contributed by atoms with van der Waals surface area (Å²) in [5.74, 6) is -0.124. The van der Waals surface area contributed by atoms with E-state index in [0.29, 0.717) is 24.6 Å². The lowest BCUT2D eigenvalue weighted by molar-refractivity contribution is -0.137. The number of aromatic nitrogens is 3. The number of piperidine rings is 1. The molecule has 4 rings (SSSR count). The minimum Gasteiger partial charge on any atom is -0.335 e. The van der Waals surface area contributed by atoms with Gasteiger partial charge in [0.25, 0.3) is 0 Å². The first-order valence-corrected chi connectivity index (χ1v) is 11.5. The Hall–Kier alpha value is -2.69. The van der Waals surface area contributed by atoms with Crippen molar-refractivity contribution in [1.29, 1.82) is 0 Å². The van der Waals surface area contributed by atoms with Gasteiger partial charge in [-0.15, -0.1) is 10.2 Å². The van der Waals surface area contributed by atoms with Crippen molar-refractivity contribution in [2.75, 3.05) is 13.1 Å². The van der Waals surface area contributed by atoms with Crippen LogP contribution in [0, 0.1) is 0 Å². The van der Waals surface area contributed by atoms with Gasteiger partial charge in [-0.3, -0.25) is 19.4 Å². The molecule has 1 aliphatic carbocycles. The largest absolute Gasteiger partial charge is 0.417 e. The highest BCUT2D eigenvalue weighted by molar-refractivity contribution is 5.96. The Morgan fingerprint density at radius 3 is 2.58 bits per heavy atom. The summed E-state index contributed by atoms with van der Waals surface area (Å²) < 4.78 is 40.9. The number of carbonyl (C=O) groups excluding carboxylic acids is 2. The fraction of sp³-hybridized carbons (Fsp3) is 0.636. The molecule has 0 spiro atoms. The Bertz CT molecular complexity index is 1000. The first kappa shape index (κ1) is 23.5. The second-order valence-electron chi connectivity index (χ2n) is 9.01. The third-order valence-corrected chi connectivity index (χ3v) is 6.68. The van der Waals surface area contributed by atoms with Crippen molar-refractivity contribution in [2.24, 2.45) is 0 Å². The lowest BCUT2D eigenvalue weighted by Gasteiger charge is -2.35. The van der Waals surface area contributed by atoms with E-state index in [1.807, 2.05) is 4.90 Å². The van der Waals surface area contributed by atoms with E-state index in [-0.39, 0.29) is 12.0 Å². The summed E-state index contributed by atoms with van der Waals surface area (Å²) in [5, 5.41) is 13.5. The minimum absolute atomic E-state index is 0.101. The summed E-state index contributed by atoms with van der Waals surface area (Å²) in [5.41, 5.74) is -0.416. The Morgan fingerprint density at radius 2 is 1.85 bits per heavy atom. The zero-order chi connectivity index (χ0) is 23.6. The zero-order valence-corrected chi connectivity index (χ0v) is 18.6. The minimum atomic E-state index is -4.46. The summed E-state index contributed by atoms with van der Waals surface area (Å²) >= 11 is 0. The number of urea groups is 1. The standard InChI is InChI=1S/C22H29F3N6O2/c1-14(20(32)27-21(33)26-17-7-3-2-4-8-17)30-11-5-6-15(12-30)19-29-28-18-10-9-16(13-31(18)19)22(23,24)25/h9-10,13-15,17H,2-8,11-12H2,1H3,(H2,26,27,32,33)/t14-,15+/m0/s1. The molecule has 8 nitrogen and oxygen atoms in total. The highest BCUT2D eigenvalue weighted by atomic mass is 19.4. The molecular weight excluding hydrogens is 437 g/mol. The maximum absolute atomic E-state index is 13.2. The highest BCUT2D eigenvalue weighted by Gasteiger charge is 2.34. The number of halogens is 3. The van der Waals surface area contributed by atoms with E-state index in [0.717, 1.165) is 50.8 Å². The molecule has 2 aliphatic rings. The van der Waals surface area contributed by atoms with Crippen LogP contribution in [-0.2, 0) is 11.0 Å². The molecule has 1 saturated carbocycles. The van der Waals surface area contributed by atoms with E-state index < -0.39 is 29.7 Å². The molecule has 0 aromatic carbocycles. The maximum Gasteiger partial charge on any atom is 0.417 e. The molecule has 1 aliphatic heterocycles. The number of imide groups is 1. The van der Waals surface area contributed by atoms with Crippen molar-refractivity contribution >= 4 is 17.6 Å². The van der Waals surface area contributed by atoms with Gasteiger partial charge in [-0.2, -0.15) is 13.2 Å². The van der Waals surface area contributed by atoms with Gasteiger partial charge in [-0.05, 0) is 51.3 Å². The van der Waals surface area contributed by atoms with E-state index in [2.05, 4.69) is 20.8 Å². The van der Waals surface area contributed by atoms with Gasteiger partial charge in [0.15, 0.2) is 5.65 Å². The Labute approximate surface area is 189 Å². The average molecular weight is 467 g/mol. The number of nitrogens with zero attached hydrogens (tertiary/aromatic N) is 4. The molecule has 1 saturated heterocycles. The molecule has 2 aromatic rings. The summed E-state index contributed by atoms with van der Waals surface area (Å²) in [6.07, 6.45) is 3.22. The van der Waals surface area contributed by atoms with Crippen molar-refractivity contribution in [2.45, 2.75) is 76.0 Å². The number of carbonyl (C=O) groups is 2. The van der Waals surface area contributed by atoms with Gasteiger partial charge >= 0.3 is 12.2 Å². The van der Waals surface area contributed by atoms with Crippen LogP contribution in [0.5, 0.6) is 0 Å². The average Bonchev–Trinajstić information content (AvgIpc) is 3.22. The topological polar surface area (TPSA) is 91.6 Å². The number of hydrogen-bond donors (Lipinski definition) is 2. The number of rotatable bonds is 4. The summed E-state index contributed by atoms with van der Waals surface area (Å²) in [6, 6.07) is 1.36. The Morgan fingerprint density at radius 1 is 1.09 bits per heavy atom. The van der Waals surface area contributed by atoms with Gasteiger partial charge in [0.05, 0.1) is 11.6 Å². The van der Waals surface area contributed by atoms with Crippen molar-refractivity contribution in [3.8, 4) is 0 Å². The summed E-state index contributed by atoms with van der Waals surface area (Å²) in [6.45, 7) is 2.82. The van der Waals surface area contributed by atoms with Crippen LogP contribution in [0.3, 0.4) is 0 Å². The van der Waals surface area contributed by atoms with Crippen LogP contribution >= 0.6 is 0 Å². The quantitative estimate of drug-likeness (QED) is 0.720. The molecular formula is C22H29F3N6O2. The van der Waals surface area contributed by atoms with Crippen molar-refractivity contribution in [3.63, 3.8) is 0 Å². The Balaban J connectivity index is 1.40. The predicted octanol–water partition coefficient (Wildman–Crippen LogP) is 3.47. The van der Waals surface area contributed by atoms with E-state index in [1.54, 1.807) is 6.92 Å². The van der Waals surface area contributed by atoms with Crippen LogP contribution in [0.2, 0.25) is 0 Å². The molecule has 11 heteroatoms. The summed E-state index contributed by atoms with van der Waals surface area (Å²) in [7, 11) is 0. The molecule has 3 heterocycles. The van der Waals surface area contributed by atoms with Crippen molar-refractivity contribution < 1.29 is 22.8 Å². The fourth-order valence-electron chi connectivity index (χ4n) is 4.77. The van der Waals surface area contributed by atoms with Gasteiger partial charge in [0, 0.05) is 24.7 Å². The molecule has 0 radical (unpaired) electrons. The number of nitrogens with one attached hydrogen (secondary N) is 2. The van der Waals surface area contributed by atoms with Crippen molar-refractivity contribution in [3.05, 3.63) is 29.7 Å². The molecule has 0 unspecified atom stereocenters. The third kappa shape index (κ3) is 5.45. The predicted molar refractivity (Wildman–Crippen MR) is 115 cm³/mol. The SMILES string of the molecule is C[C@@H](C(=O)NC(=O)NC1CCCCC1)N1CCC[C@@H](c2nnc3ccc(C(F)(F)F)cn23)C1. The first-order valence-electron chi connectivity index (χ1n) is 11.5. The monoisotopic (exact) mass is 466 g/mol. The lowest BCUT2D eigenvalue weighted by Crippen LogP contribution is -2.53. The van der Waals surface area contributed by atoms with E-state index >= 15 is 0 Å². The number of alkyl halides is 3. The molecule has 180 valence electrons. The number of pyridine rings is 1. The molecule has 2 fully saturated rings. The first-order chi connectivity index (χ1) is 15.7. The van der Waals surface area contributed by atoms with E-state index in [9.17, 15) is 22.8 Å². The number of fused-ring (bicyclic) bond motifs is 1. The molecule has 2 aromatic heterocycles. The second kappa shape index (κ2) is 9.66.